The molecule has 1 N–H and O–H groups in total. The van der Waals surface area contributed by atoms with Crippen molar-refractivity contribution in [3.8, 4) is 0 Å². The van der Waals surface area contributed by atoms with Gasteiger partial charge in [-0.3, -0.25) is 4.79 Å². The first-order valence-corrected chi connectivity index (χ1v) is 13.0. The molecule has 0 aliphatic rings. The lowest BCUT2D eigenvalue weighted by atomic mass is 9.80. The molecule has 5 heteroatoms. The summed E-state index contributed by atoms with van der Waals surface area (Å²) in [5.41, 5.74) is 2.26. The van der Waals surface area contributed by atoms with Crippen LogP contribution >= 0.6 is 0 Å². The van der Waals surface area contributed by atoms with Crippen LogP contribution in [0, 0.1) is 0 Å². The van der Waals surface area contributed by atoms with E-state index in [9.17, 15) is 9.59 Å². The normalized spacial score (nSPS) is 13.0. The monoisotopic (exact) mass is 519 g/mol. The van der Waals surface area contributed by atoms with Crippen LogP contribution < -0.4 is 5.32 Å². The first-order valence-electron chi connectivity index (χ1n) is 13.0. The molecule has 0 aromatic heterocycles. The number of amides is 1. The molecule has 39 heavy (non-hydrogen) atoms. The highest BCUT2D eigenvalue weighted by Gasteiger charge is 2.39. The van der Waals surface area contributed by atoms with Gasteiger partial charge < -0.3 is 14.8 Å². The van der Waals surface area contributed by atoms with Crippen molar-refractivity contribution in [2.45, 2.75) is 31.6 Å². The largest absolute Gasteiger partial charge is 0.452 e. The molecule has 0 spiro atoms. The highest BCUT2D eigenvalue weighted by molar-refractivity contribution is 5.89. The van der Waals surface area contributed by atoms with E-state index in [4.69, 9.17) is 9.47 Å². The molecule has 1 amide bonds. The van der Waals surface area contributed by atoms with Gasteiger partial charge in [0.1, 0.15) is 11.7 Å². The molecule has 0 heterocycles. The van der Waals surface area contributed by atoms with E-state index < -0.39 is 23.7 Å². The van der Waals surface area contributed by atoms with E-state index in [-0.39, 0.29) is 12.5 Å². The topological polar surface area (TPSA) is 64.6 Å². The lowest BCUT2D eigenvalue weighted by Crippen LogP contribution is -2.49. The summed E-state index contributed by atoms with van der Waals surface area (Å²) in [6, 6.07) is 38.1. The van der Waals surface area contributed by atoms with E-state index in [1.165, 1.54) is 6.92 Å². The molecule has 0 unspecified atom stereocenters. The maximum Gasteiger partial charge on any atom is 0.338 e. The summed E-state index contributed by atoms with van der Waals surface area (Å²) in [6.45, 7) is 3.35. The smallest absolute Gasteiger partial charge is 0.338 e. The van der Waals surface area contributed by atoms with Crippen LogP contribution in [0.1, 0.15) is 40.9 Å². The third-order valence-corrected chi connectivity index (χ3v) is 6.44. The number of benzene rings is 4. The zero-order chi connectivity index (χ0) is 27.5. The van der Waals surface area contributed by atoms with Gasteiger partial charge in [0, 0.05) is 6.92 Å². The second-order valence-electron chi connectivity index (χ2n) is 9.16. The molecule has 198 valence electrons. The van der Waals surface area contributed by atoms with E-state index in [1.807, 2.05) is 104 Å². The van der Waals surface area contributed by atoms with Gasteiger partial charge in [-0.2, -0.15) is 0 Å². The first-order chi connectivity index (χ1) is 19.0. The predicted molar refractivity (Wildman–Crippen MR) is 153 cm³/mol. The molecule has 4 aromatic carbocycles. The second-order valence-corrected chi connectivity index (χ2v) is 9.16. The quantitative estimate of drug-likeness (QED) is 0.143. The highest BCUT2D eigenvalue weighted by Crippen LogP contribution is 2.40. The molecule has 0 aliphatic carbocycles. The summed E-state index contributed by atoms with van der Waals surface area (Å²) >= 11 is 0. The summed E-state index contributed by atoms with van der Waals surface area (Å²) < 4.78 is 12.8. The van der Waals surface area contributed by atoms with Crippen LogP contribution in [0.2, 0.25) is 0 Å². The fourth-order valence-electron chi connectivity index (χ4n) is 4.67. The molecule has 2 atom stereocenters. The van der Waals surface area contributed by atoms with E-state index in [2.05, 4.69) is 5.32 Å². The van der Waals surface area contributed by atoms with Crippen molar-refractivity contribution in [3.05, 3.63) is 156 Å². The lowest BCUT2D eigenvalue weighted by Gasteiger charge is -2.38. The summed E-state index contributed by atoms with van der Waals surface area (Å²) in [5.74, 6) is -0.729. The van der Waals surface area contributed by atoms with Gasteiger partial charge in [-0.05, 0) is 41.8 Å². The van der Waals surface area contributed by atoms with Gasteiger partial charge in [0.15, 0.2) is 0 Å². The summed E-state index contributed by atoms with van der Waals surface area (Å²) in [7, 11) is 0. The molecule has 5 nitrogen and oxygen atoms in total. The Kier molecular flexibility index (Phi) is 9.44. The van der Waals surface area contributed by atoms with Gasteiger partial charge in [0.2, 0.25) is 5.91 Å². The Bertz CT molecular complexity index is 1260. The maximum absolute atomic E-state index is 13.0. The van der Waals surface area contributed by atoms with Crippen molar-refractivity contribution >= 4 is 11.9 Å². The highest BCUT2D eigenvalue weighted by atomic mass is 16.5. The Hall–Kier alpha value is -4.48. The standard InChI is InChI=1S/C34H33NO4/c1-3-16-32(39-33(37)27-17-8-4-9-18-27)31(35-26(2)36)25-38-34(28-19-10-5-11-20-28,29-21-12-6-13-22-29)30-23-14-7-15-24-30/h3-24,31-32H,25H2,1-2H3,(H,35,36)/b16-3+/t31-,32+/m0/s1. The third-order valence-electron chi connectivity index (χ3n) is 6.44. The molecule has 0 bridgehead atoms. The van der Waals surface area contributed by atoms with Crippen molar-refractivity contribution < 1.29 is 19.1 Å². The van der Waals surface area contributed by atoms with E-state index in [1.54, 1.807) is 36.4 Å². The summed E-state index contributed by atoms with van der Waals surface area (Å²) in [4.78, 5) is 25.3. The van der Waals surface area contributed by atoms with Crippen molar-refractivity contribution in [3.63, 3.8) is 0 Å². The van der Waals surface area contributed by atoms with E-state index in [0.717, 1.165) is 16.7 Å². The zero-order valence-electron chi connectivity index (χ0n) is 22.2. The van der Waals surface area contributed by atoms with Crippen molar-refractivity contribution in [2.75, 3.05) is 6.61 Å². The Balaban J connectivity index is 1.75. The van der Waals surface area contributed by atoms with Crippen LogP contribution in [0.25, 0.3) is 0 Å². The Labute approximate surface area is 230 Å². The van der Waals surface area contributed by atoms with Crippen LogP contribution in [0.15, 0.2) is 133 Å². The first kappa shape index (κ1) is 27.6. The van der Waals surface area contributed by atoms with Crippen LogP contribution in [0.5, 0.6) is 0 Å². The SMILES string of the molecule is C/C=C/[C@@H](OC(=O)c1ccccc1)[C@H](COC(c1ccccc1)(c1ccccc1)c1ccccc1)NC(C)=O. The van der Waals surface area contributed by atoms with Gasteiger partial charge in [-0.15, -0.1) is 0 Å². The minimum Gasteiger partial charge on any atom is -0.452 e. The lowest BCUT2D eigenvalue weighted by molar-refractivity contribution is -0.121. The molecule has 4 aromatic rings. The Morgan fingerprint density at radius 2 is 1.18 bits per heavy atom. The maximum atomic E-state index is 13.0. The van der Waals surface area contributed by atoms with Crippen LogP contribution in [-0.4, -0.2) is 30.6 Å². The van der Waals surface area contributed by atoms with Gasteiger partial charge >= 0.3 is 5.97 Å². The molecular formula is C34H33NO4. The van der Waals surface area contributed by atoms with E-state index in [0.29, 0.717) is 5.56 Å². The van der Waals surface area contributed by atoms with Gasteiger partial charge in [-0.1, -0.05) is 115 Å². The molecule has 4 rings (SSSR count). The predicted octanol–water partition coefficient (Wildman–Crippen LogP) is 6.30. The second kappa shape index (κ2) is 13.4. The van der Waals surface area contributed by atoms with Crippen molar-refractivity contribution in [1.29, 1.82) is 0 Å². The van der Waals surface area contributed by atoms with Crippen molar-refractivity contribution in [2.24, 2.45) is 0 Å². The number of rotatable bonds is 11. The minimum absolute atomic E-state index is 0.0648. The molecule has 0 aliphatic heterocycles. The number of ether oxygens (including phenoxy) is 2. The Morgan fingerprint density at radius 3 is 1.59 bits per heavy atom. The third kappa shape index (κ3) is 6.70. The number of carbonyl (C=O) groups is 2. The number of esters is 1. The number of hydrogen-bond acceptors (Lipinski definition) is 4. The molecule has 0 saturated heterocycles. The minimum atomic E-state index is -0.982. The van der Waals surface area contributed by atoms with Gasteiger partial charge in [0.25, 0.3) is 0 Å². The van der Waals surface area contributed by atoms with E-state index >= 15 is 0 Å². The van der Waals surface area contributed by atoms with Gasteiger partial charge in [-0.25, -0.2) is 4.79 Å². The average molecular weight is 520 g/mol. The fourth-order valence-corrected chi connectivity index (χ4v) is 4.67. The zero-order valence-corrected chi connectivity index (χ0v) is 22.2. The molecular weight excluding hydrogens is 486 g/mol. The number of allylic oxidation sites excluding steroid dienone is 1. The molecule has 0 radical (unpaired) electrons. The number of hydrogen-bond donors (Lipinski definition) is 1. The number of nitrogens with one attached hydrogen (secondary N) is 1. The van der Waals surface area contributed by atoms with Crippen LogP contribution in [0.4, 0.5) is 0 Å². The Morgan fingerprint density at radius 1 is 0.744 bits per heavy atom. The van der Waals surface area contributed by atoms with Crippen molar-refractivity contribution in [1.82, 2.24) is 5.32 Å². The van der Waals surface area contributed by atoms with Gasteiger partial charge in [0.05, 0.1) is 18.2 Å². The molecule has 0 saturated carbocycles. The average Bonchev–Trinajstić information content (AvgIpc) is 2.98. The number of carbonyl (C=O) groups excluding carboxylic acids is 2. The summed E-state index contributed by atoms with van der Waals surface area (Å²) in [5, 5.41) is 2.96. The molecule has 0 fully saturated rings. The fraction of sp³-hybridized carbons (Fsp3) is 0.176. The van der Waals surface area contributed by atoms with Crippen LogP contribution in [-0.2, 0) is 19.9 Å². The van der Waals surface area contributed by atoms with Crippen LogP contribution in [0.3, 0.4) is 0 Å². The summed E-state index contributed by atoms with van der Waals surface area (Å²) in [6.07, 6.45) is 2.81.